The molecule has 0 nitrogen and oxygen atoms in total. The van der Waals surface area contributed by atoms with Crippen molar-refractivity contribution in [3.05, 3.63) is 0 Å². The lowest BCUT2D eigenvalue weighted by Gasteiger charge is -2.27. The fourth-order valence-electron chi connectivity index (χ4n) is 1.85. The predicted octanol–water partition coefficient (Wildman–Crippen LogP) is 3.91. The molecule has 0 aliphatic heterocycles. The molecule has 0 amide bonds. The maximum atomic E-state index is 5.25. The van der Waals surface area contributed by atoms with E-state index >= 15 is 0 Å². The van der Waals surface area contributed by atoms with E-state index in [0.29, 0.717) is 0 Å². The van der Waals surface area contributed by atoms with Gasteiger partial charge in [-0.3, -0.25) is 0 Å². The van der Waals surface area contributed by atoms with Crippen LogP contribution in [0, 0.1) is 12.3 Å². The fraction of sp³-hybridized carbons (Fsp3) is 0.818. The number of terminal acetylenes is 1. The molecule has 0 N–H and O–H groups in total. The van der Waals surface area contributed by atoms with Gasteiger partial charge in [-0.2, -0.15) is 0 Å². The van der Waals surface area contributed by atoms with Gasteiger partial charge in [0, 0.05) is 6.42 Å². The summed E-state index contributed by atoms with van der Waals surface area (Å²) in [6.45, 7) is 7.07. The van der Waals surface area contributed by atoms with Crippen LogP contribution in [0.4, 0.5) is 0 Å². The number of unbranched alkanes of at least 4 members (excludes halogenated alkanes) is 1. The van der Waals surface area contributed by atoms with Gasteiger partial charge in [-0.15, -0.1) is 12.3 Å². The predicted molar refractivity (Wildman–Crippen MR) is 60.1 cm³/mol. The third-order valence-electron chi connectivity index (χ3n) is 3.28. The Morgan fingerprint density at radius 1 is 1.08 bits per heavy atom. The Kier molecular flexibility index (Phi) is 6.19. The van der Waals surface area contributed by atoms with E-state index in [2.05, 4.69) is 26.7 Å². The molecular weight excluding hydrogens is 160 g/mol. The van der Waals surface area contributed by atoms with E-state index in [1.807, 2.05) is 0 Å². The molecule has 0 bridgehead atoms. The fourth-order valence-corrected chi connectivity index (χ4v) is 5.33. The topological polar surface area (TPSA) is 0 Å². The highest BCUT2D eigenvalue weighted by molar-refractivity contribution is 6.79. The van der Waals surface area contributed by atoms with Crippen molar-refractivity contribution in [1.29, 1.82) is 0 Å². The van der Waals surface area contributed by atoms with Gasteiger partial charge in [0.25, 0.3) is 0 Å². The molecule has 0 aromatic carbocycles. The summed E-state index contributed by atoms with van der Waals surface area (Å²) in [6.07, 6.45) is 7.49. The summed E-state index contributed by atoms with van der Waals surface area (Å²) in [5.41, 5.74) is 0. The van der Waals surface area contributed by atoms with Crippen LogP contribution in [0.2, 0.25) is 24.2 Å². The summed E-state index contributed by atoms with van der Waals surface area (Å²) < 4.78 is 0. The zero-order valence-corrected chi connectivity index (χ0v) is 9.82. The Morgan fingerprint density at radius 2 is 1.58 bits per heavy atom. The van der Waals surface area contributed by atoms with E-state index in [1.165, 1.54) is 30.6 Å². The lowest BCUT2D eigenvalue weighted by Crippen LogP contribution is -2.30. The SMILES string of the molecule is C#CCCC[Si](CC)(CC)CC. The first kappa shape index (κ1) is 11.8. The highest BCUT2D eigenvalue weighted by Gasteiger charge is 2.25. The van der Waals surface area contributed by atoms with Crippen LogP contribution < -0.4 is 0 Å². The van der Waals surface area contributed by atoms with Crippen LogP contribution in [0.25, 0.3) is 0 Å². The molecular formula is C11H22Si. The second-order valence-corrected chi connectivity index (χ2v) is 9.24. The first-order valence-corrected chi connectivity index (χ1v) is 8.01. The van der Waals surface area contributed by atoms with Crippen LogP contribution in [0.15, 0.2) is 0 Å². The molecule has 0 saturated heterocycles. The van der Waals surface area contributed by atoms with Crippen LogP contribution in [0.3, 0.4) is 0 Å². The molecule has 0 aliphatic carbocycles. The van der Waals surface area contributed by atoms with Gasteiger partial charge in [0.05, 0.1) is 8.07 Å². The maximum absolute atomic E-state index is 5.25. The number of hydrogen-bond acceptors (Lipinski definition) is 0. The van der Waals surface area contributed by atoms with Crippen molar-refractivity contribution in [3.63, 3.8) is 0 Å². The van der Waals surface area contributed by atoms with Crippen molar-refractivity contribution >= 4 is 8.07 Å². The quantitative estimate of drug-likeness (QED) is 0.332. The minimum Gasteiger partial charge on any atom is -0.120 e. The molecule has 0 aromatic rings. The number of hydrogen-bond donors (Lipinski definition) is 0. The summed E-state index contributed by atoms with van der Waals surface area (Å²) >= 11 is 0. The molecule has 0 saturated carbocycles. The Hall–Kier alpha value is -0.223. The third kappa shape index (κ3) is 3.45. The first-order valence-electron chi connectivity index (χ1n) is 5.18. The van der Waals surface area contributed by atoms with Crippen molar-refractivity contribution < 1.29 is 0 Å². The zero-order valence-electron chi connectivity index (χ0n) is 8.82. The molecule has 0 radical (unpaired) electrons. The maximum Gasteiger partial charge on any atom is 0.0528 e. The van der Waals surface area contributed by atoms with E-state index in [4.69, 9.17) is 6.42 Å². The van der Waals surface area contributed by atoms with Crippen molar-refractivity contribution in [3.8, 4) is 12.3 Å². The standard InChI is InChI=1S/C11H22Si/c1-5-9-10-11-12(6-2,7-3)8-4/h1H,6-11H2,2-4H3. The molecule has 1 heteroatoms. The van der Waals surface area contributed by atoms with Crippen LogP contribution in [-0.2, 0) is 0 Å². The second kappa shape index (κ2) is 6.31. The normalized spacial score (nSPS) is 11.2. The molecule has 0 aliphatic rings. The summed E-state index contributed by atoms with van der Waals surface area (Å²) in [5.74, 6) is 2.73. The van der Waals surface area contributed by atoms with Crippen LogP contribution in [0.5, 0.6) is 0 Å². The van der Waals surface area contributed by atoms with E-state index < -0.39 is 8.07 Å². The summed E-state index contributed by atoms with van der Waals surface area (Å²) in [6, 6.07) is 5.75. The third-order valence-corrected chi connectivity index (χ3v) is 9.19. The summed E-state index contributed by atoms with van der Waals surface area (Å²) in [7, 11) is -0.850. The molecule has 0 fully saturated rings. The van der Waals surface area contributed by atoms with Crippen LogP contribution in [0.1, 0.15) is 33.6 Å². The molecule has 70 valence electrons. The lowest BCUT2D eigenvalue weighted by atomic mass is 10.4. The van der Waals surface area contributed by atoms with E-state index in [-0.39, 0.29) is 0 Å². The van der Waals surface area contributed by atoms with Gasteiger partial charge in [0.15, 0.2) is 0 Å². The zero-order chi connectivity index (χ0) is 9.45. The van der Waals surface area contributed by atoms with Crippen LogP contribution in [-0.4, -0.2) is 8.07 Å². The Morgan fingerprint density at radius 3 is 1.92 bits per heavy atom. The highest BCUT2D eigenvalue weighted by atomic mass is 28.3. The van der Waals surface area contributed by atoms with Gasteiger partial charge < -0.3 is 0 Å². The van der Waals surface area contributed by atoms with Crippen molar-refractivity contribution in [2.24, 2.45) is 0 Å². The van der Waals surface area contributed by atoms with Crippen LogP contribution >= 0.6 is 0 Å². The smallest absolute Gasteiger partial charge is 0.0528 e. The summed E-state index contributed by atoms with van der Waals surface area (Å²) in [5, 5.41) is 0. The molecule has 0 unspecified atom stereocenters. The minimum absolute atomic E-state index is 0.850. The Balaban J connectivity index is 3.86. The molecule has 12 heavy (non-hydrogen) atoms. The van der Waals surface area contributed by atoms with Crippen molar-refractivity contribution in [1.82, 2.24) is 0 Å². The van der Waals surface area contributed by atoms with Gasteiger partial charge >= 0.3 is 0 Å². The molecule has 0 rings (SSSR count). The van der Waals surface area contributed by atoms with Gasteiger partial charge in [0.2, 0.25) is 0 Å². The van der Waals surface area contributed by atoms with Gasteiger partial charge in [0.1, 0.15) is 0 Å². The van der Waals surface area contributed by atoms with Crippen molar-refractivity contribution in [2.45, 2.75) is 57.8 Å². The molecule has 0 heterocycles. The Labute approximate surface area is 78.8 Å². The van der Waals surface area contributed by atoms with Gasteiger partial charge in [-0.05, 0) is 6.42 Å². The molecule has 0 aromatic heterocycles. The van der Waals surface area contributed by atoms with Crippen molar-refractivity contribution in [2.75, 3.05) is 0 Å². The average molecular weight is 182 g/mol. The lowest BCUT2D eigenvalue weighted by molar-refractivity contribution is 0.926. The molecule has 0 atom stereocenters. The monoisotopic (exact) mass is 182 g/mol. The van der Waals surface area contributed by atoms with E-state index in [0.717, 1.165) is 6.42 Å². The highest BCUT2D eigenvalue weighted by Crippen LogP contribution is 2.26. The Bertz CT molecular complexity index is 131. The largest absolute Gasteiger partial charge is 0.120 e. The summed E-state index contributed by atoms with van der Waals surface area (Å²) in [4.78, 5) is 0. The van der Waals surface area contributed by atoms with Gasteiger partial charge in [-0.25, -0.2) is 0 Å². The average Bonchev–Trinajstić information content (AvgIpc) is 2.14. The second-order valence-electron chi connectivity index (χ2n) is 3.62. The first-order chi connectivity index (χ1) is 5.74. The van der Waals surface area contributed by atoms with Gasteiger partial charge in [-0.1, -0.05) is 44.9 Å². The minimum atomic E-state index is -0.850. The molecule has 0 spiro atoms. The number of rotatable bonds is 6. The van der Waals surface area contributed by atoms with E-state index in [1.54, 1.807) is 0 Å². The van der Waals surface area contributed by atoms with E-state index in [9.17, 15) is 0 Å².